The fourth-order valence-corrected chi connectivity index (χ4v) is 3.82. The molecule has 2 amide bonds. The Kier molecular flexibility index (Phi) is 6.04. The summed E-state index contributed by atoms with van der Waals surface area (Å²) < 4.78 is 0. The molecule has 1 aromatic carbocycles. The summed E-state index contributed by atoms with van der Waals surface area (Å²) >= 11 is 0. The number of piperidine rings is 1. The molecule has 1 fully saturated rings. The quantitative estimate of drug-likeness (QED) is 0.826. The molecule has 0 bridgehead atoms. The molecule has 2 aliphatic rings. The summed E-state index contributed by atoms with van der Waals surface area (Å²) in [7, 11) is 0. The topological polar surface area (TPSA) is 78.7 Å². The van der Waals surface area contributed by atoms with Gasteiger partial charge >= 0.3 is 0 Å². The Balaban J connectivity index is 1.59. The second-order valence-electron chi connectivity index (χ2n) is 6.93. The fraction of sp³-hybridized carbons (Fsp3) is 0.579. The molecule has 6 nitrogen and oxygen atoms in total. The van der Waals surface area contributed by atoms with Crippen LogP contribution >= 0.6 is 0 Å². The van der Waals surface area contributed by atoms with Gasteiger partial charge in [0, 0.05) is 31.9 Å². The molecule has 2 aliphatic heterocycles. The predicted octanol–water partition coefficient (Wildman–Crippen LogP) is 0.753. The van der Waals surface area contributed by atoms with E-state index in [4.69, 9.17) is 5.73 Å². The number of carbonyl (C=O) groups is 2. The second kappa shape index (κ2) is 8.45. The van der Waals surface area contributed by atoms with Crippen LogP contribution in [-0.2, 0) is 16.0 Å². The van der Waals surface area contributed by atoms with E-state index in [0.717, 1.165) is 44.5 Å². The fourth-order valence-electron chi connectivity index (χ4n) is 3.82. The highest BCUT2D eigenvalue weighted by molar-refractivity contribution is 5.96. The zero-order valence-electron chi connectivity index (χ0n) is 14.7. The summed E-state index contributed by atoms with van der Waals surface area (Å²) in [5, 5.41) is 2.87. The largest absolute Gasteiger partial charge is 0.355 e. The van der Waals surface area contributed by atoms with Crippen molar-refractivity contribution in [3.05, 3.63) is 29.8 Å². The minimum Gasteiger partial charge on any atom is -0.355 e. The van der Waals surface area contributed by atoms with Crippen molar-refractivity contribution in [2.24, 2.45) is 11.7 Å². The Morgan fingerprint density at radius 3 is 2.88 bits per heavy atom. The zero-order valence-corrected chi connectivity index (χ0v) is 14.7. The summed E-state index contributed by atoms with van der Waals surface area (Å²) in [4.78, 5) is 29.0. The van der Waals surface area contributed by atoms with Crippen LogP contribution in [0.4, 0.5) is 5.69 Å². The SMILES string of the molecule is NCCNC(=O)C1CCCN(CC(=O)N2CCCc3ccccc32)C1. The van der Waals surface area contributed by atoms with Crippen LogP contribution in [-0.4, -0.2) is 56.0 Å². The summed E-state index contributed by atoms with van der Waals surface area (Å²) in [5.41, 5.74) is 7.74. The van der Waals surface area contributed by atoms with Crippen LogP contribution in [0.2, 0.25) is 0 Å². The molecule has 6 heteroatoms. The Labute approximate surface area is 149 Å². The number of amides is 2. The predicted molar refractivity (Wildman–Crippen MR) is 98.3 cm³/mol. The molecule has 1 atom stereocenters. The smallest absolute Gasteiger partial charge is 0.241 e. The average molecular weight is 344 g/mol. The zero-order chi connectivity index (χ0) is 17.6. The Bertz CT molecular complexity index is 619. The number of benzene rings is 1. The number of aryl methyl sites for hydroxylation is 1. The van der Waals surface area contributed by atoms with E-state index in [1.54, 1.807) is 0 Å². The first-order valence-corrected chi connectivity index (χ1v) is 9.27. The lowest BCUT2D eigenvalue weighted by Gasteiger charge is -2.35. The minimum atomic E-state index is -0.0401. The number of hydrogen-bond acceptors (Lipinski definition) is 4. The van der Waals surface area contributed by atoms with Gasteiger partial charge in [0.15, 0.2) is 0 Å². The first-order valence-electron chi connectivity index (χ1n) is 9.27. The van der Waals surface area contributed by atoms with Gasteiger partial charge in [0.05, 0.1) is 12.5 Å². The van der Waals surface area contributed by atoms with Gasteiger partial charge in [0.1, 0.15) is 0 Å². The normalized spacial score (nSPS) is 20.8. The van der Waals surface area contributed by atoms with Crippen LogP contribution in [0.1, 0.15) is 24.8 Å². The molecule has 0 saturated carbocycles. The molecular formula is C19H28N4O2. The van der Waals surface area contributed by atoms with Gasteiger partial charge in [0.2, 0.25) is 11.8 Å². The molecule has 3 rings (SSSR count). The van der Waals surface area contributed by atoms with Gasteiger partial charge in [-0.3, -0.25) is 14.5 Å². The van der Waals surface area contributed by atoms with Crippen molar-refractivity contribution >= 4 is 17.5 Å². The highest BCUT2D eigenvalue weighted by Crippen LogP contribution is 2.27. The van der Waals surface area contributed by atoms with Crippen LogP contribution < -0.4 is 16.0 Å². The highest BCUT2D eigenvalue weighted by atomic mass is 16.2. The van der Waals surface area contributed by atoms with Crippen molar-refractivity contribution in [1.82, 2.24) is 10.2 Å². The molecule has 0 spiro atoms. The van der Waals surface area contributed by atoms with Gasteiger partial charge in [-0.2, -0.15) is 0 Å². The van der Waals surface area contributed by atoms with Crippen molar-refractivity contribution in [2.45, 2.75) is 25.7 Å². The molecule has 1 saturated heterocycles. The third-order valence-corrected chi connectivity index (χ3v) is 5.09. The minimum absolute atomic E-state index is 0.0401. The Hall–Kier alpha value is -1.92. The number of nitrogens with zero attached hydrogens (tertiary/aromatic N) is 2. The summed E-state index contributed by atoms with van der Waals surface area (Å²) in [5.74, 6) is 0.155. The number of hydrogen-bond donors (Lipinski definition) is 2. The van der Waals surface area contributed by atoms with E-state index < -0.39 is 0 Å². The maximum atomic E-state index is 12.8. The van der Waals surface area contributed by atoms with Crippen LogP contribution in [0, 0.1) is 5.92 Å². The van der Waals surface area contributed by atoms with Crippen molar-refractivity contribution < 1.29 is 9.59 Å². The lowest BCUT2D eigenvalue weighted by Crippen LogP contribution is -2.48. The molecule has 25 heavy (non-hydrogen) atoms. The van der Waals surface area contributed by atoms with E-state index >= 15 is 0 Å². The summed E-state index contributed by atoms with van der Waals surface area (Å²) in [6, 6.07) is 8.16. The lowest BCUT2D eigenvalue weighted by atomic mass is 9.97. The molecule has 1 unspecified atom stereocenters. The maximum absolute atomic E-state index is 12.8. The van der Waals surface area contributed by atoms with Gasteiger partial charge in [-0.05, 0) is 43.9 Å². The van der Waals surface area contributed by atoms with E-state index in [0.29, 0.717) is 26.2 Å². The number of anilines is 1. The average Bonchev–Trinajstić information content (AvgIpc) is 2.65. The van der Waals surface area contributed by atoms with Gasteiger partial charge in [-0.15, -0.1) is 0 Å². The van der Waals surface area contributed by atoms with Crippen molar-refractivity contribution in [3.8, 4) is 0 Å². The maximum Gasteiger partial charge on any atom is 0.241 e. The third kappa shape index (κ3) is 4.38. The first kappa shape index (κ1) is 17.9. The number of para-hydroxylation sites is 1. The monoisotopic (exact) mass is 344 g/mol. The molecule has 0 aliphatic carbocycles. The highest BCUT2D eigenvalue weighted by Gasteiger charge is 2.29. The molecule has 0 radical (unpaired) electrons. The van der Waals surface area contributed by atoms with E-state index in [9.17, 15) is 9.59 Å². The van der Waals surface area contributed by atoms with Crippen molar-refractivity contribution in [2.75, 3.05) is 44.2 Å². The number of nitrogens with two attached hydrogens (primary N) is 1. The second-order valence-corrected chi connectivity index (χ2v) is 6.93. The van der Waals surface area contributed by atoms with Crippen LogP contribution in [0.5, 0.6) is 0 Å². The van der Waals surface area contributed by atoms with E-state index in [-0.39, 0.29) is 17.7 Å². The molecule has 3 N–H and O–H groups in total. The van der Waals surface area contributed by atoms with Gasteiger partial charge in [0.25, 0.3) is 0 Å². The molecule has 0 aromatic heterocycles. The lowest BCUT2D eigenvalue weighted by molar-refractivity contribution is -0.128. The van der Waals surface area contributed by atoms with Gasteiger partial charge in [-0.1, -0.05) is 18.2 Å². The molecule has 136 valence electrons. The molecule has 1 aromatic rings. The van der Waals surface area contributed by atoms with Crippen molar-refractivity contribution in [1.29, 1.82) is 0 Å². The molecular weight excluding hydrogens is 316 g/mol. The van der Waals surface area contributed by atoms with E-state index in [1.807, 2.05) is 23.1 Å². The van der Waals surface area contributed by atoms with E-state index in [2.05, 4.69) is 16.3 Å². The standard InChI is InChI=1S/C19H28N4O2/c20-9-10-21-19(25)16-7-3-11-22(13-16)14-18(24)23-12-4-6-15-5-1-2-8-17(15)23/h1-2,5,8,16H,3-4,6-7,9-14,20H2,(H,21,25). The van der Waals surface area contributed by atoms with Crippen LogP contribution in [0.25, 0.3) is 0 Å². The number of fused-ring (bicyclic) bond motifs is 1. The summed E-state index contributed by atoms with van der Waals surface area (Å²) in [6.07, 6.45) is 3.87. The number of rotatable bonds is 5. The Morgan fingerprint density at radius 2 is 2.04 bits per heavy atom. The van der Waals surface area contributed by atoms with Crippen LogP contribution in [0.15, 0.2) is 24.3 Å². The first-order chi connectivity index (χ1) is 12.2. The number of carbonyl (C=O) groups excluding carboxylic acids is 2. The van der Waals surface area contributed by atoms with Gasteiger partial charge < -0.3 is 16.0 Å². The number of nitrogens with one attached hydrogen (secondary N) is 1. The van der Waals surface area contributed by atoms with Gasteiger partial charge in [-0.25, -0.2) is 0 Å². The van der Waals surface area contributed by atoms with Crippen molar-refractivity contribution in [3.63, 3.8) is 0 Å². The van der Waals surface area contributed by atoms with E-state index in [1.165, 1.54) is 5.56 Å². The number of likely N-dealkylation sites (tertiary alicyclic amines) is 1. The summed E-state index contributed by atoms with van der Waals surface area (Å²) in [6.45, 7) is 3.66. The molecule has 2 heterocycles. The third-order valence-electron chi connectivity index (χ3n) is 5.09. The Morgan fingerprint density at radius 1 is 1.20 bits per heavy atom. The van der Waals surface area contributed by atoms with Crippen LogP contribution in [0.3, 0.4) is 0 Å².